The van der Waals surface area contributed by atoms with Gasteiger partial charge in [-0.3, -0.25) is 4.79 Å². The molecule has 0 fully saturated rings. The van der Waals surface area contributed by atoms with Crippen molar-refractivity contribution in [3.05, 3.63) is 53.6 Å². The fourth-order valence-electron chi connectivity index (χ4n) is 2.16. The van der Waals surface area contributed by atoms with Crippen molar-refractivity contribution in [2.45, 2.75) is 13.5 Å². The lowest BCUT2D eigenvalue weighted by molar-refractivity contribution is 0.101. The number of hydrogen-bond acceptors (Lipinski definition) is 4. The molecular weight excluding hydrogens is 324 g/mol. The second-order valence-corrected chi connectivity index (χ2v) is 5.54. The average Bonchev–Trinajstić information content (AvgIpc) is 2.59. The molecule has 126 valence electrons. The predicted molar refractivity (Wildman–Crippen MR) is 99.1 cm³/mol. The molecule has 2 aromatic carbocycles. The van der Waals surface area contributed by atoms with E-state index in [0.717, 1.165) is 11.3 Å². The zero-order valence-electron chi connectivity index (χ0n) is 13.9. The van der Waals surface area contributed by atoms with Gasteiger partial charge in [0.05, 0.1) is 14.2 Å². The number of ketones is 1. The van der Waals surface area contributed by atoms with Gasteiger partial charge >= 0.3 is 0 Å². The number of carbonyl (C=O) groups excluding carboxylic acids is 1. The lowest BCUT2D eigenvalue weighted by atomic mass is 10.1. The fraction of sp³-hybridized carbons (Fsp3) is 0.222. The largest absolute Gasteiger partial charge is 0.493 e. The first-order chi connectivity index (χ1) is 11.5. The summed E-state index contributed by atoms with van der Waals surface area (Å²) in [6.45, 7) is 2.07. The molecule has 0 atom stereocenters. The van der Waals surface area contributed by atoms with Gasteiger partial charge in [-0.2, -0.15) is 0 Å². The number of ether oxygens (including phenoxy) is 2. The summed E-state index contributed by atoms with van der Waals surface area (Å²) < 4.78 is 10.5. The smallest absolute Gasteiger partial charge is 0.171 e. The third kappa shape index (κ3) is 4.70. The van der Waals surface area contributed by atoms with E-state index in [9.17, 15) is 4.79 Å². The van der Waals surface area contributed by atoms with Gasteiger partial charge in [0.25, 0.3) is 0 Å². The maximum atomic E-state index is 11.4. The number of Topliss-reactive ketones (excluding diaryl/α,β-unsaturated/α-hetero) is 1. The molecule has 0 amide bonds. The summed E-state index contributed by atoms with van der Waals surface area (Å²) in [4.78, 5) is 11.4. The van der Waals surface area contributed by atoms with Crippen molar-refractivity contribution in [3.8, 4) is 11.5 Å². The summed E-state index contributed by atoms with van der Waals surface area (Å²) >= 11 is 5.29. The Bertz CT molecular complexity index is 747. The van der Waals surface area contributed by atoms with Gasteiger partial charge in [0.1, 0.15) is 0 Å². The Labute approximate surface area is 147 Å². The summed E-state index contributed by atoms with van der Waals surface area (Å²) in [5.41, 5.74) is 2.42. The summed E-state index contributed by atoms with van der Waals surface area (Å²) in [6, 6.07) is 12.9. The summed E-state index contributed by atoms with van der Waals surface area (Å²) in [5, 5.41) is 6.67. The van der Waals surface area contributed by atoms with Gasteiger partial charge in [-0.05, 0) is 49.0 Å². The number of rotatable bonds is 6. The van der Waals surface area contributed by atoms with E-state index in [1.165, 1.54) is 6.92 Å². The first-order valence-corrected chi connectivity index (χ1v) is 7.81. The standard InChI is InChI=1S/C18H20N2O3S/c1-12(21)14-5-4-6-15(10-14)20-18(24)19-11-13-7-8-16(22-2)17(9-13)23-3/h4-10H,11H2,1-3H3,(H2,19,20,24). The van der Waals surface area contributed by atoms with Gasteiger partial charge in [0, 0.05) is 17.8 Å². The van der Waals surface area contributed by atoms with Gasteiger partial charge in [-0.1, -0.05) is 18.2 Å². The maximum absolute atomic E-state index is 11.4. The normalized spacial score (nSPS) is 9.96. The SMILES string of the molecule is COc1ccc(CNC(=S)Nc2cccc(C(C)=O)c2)cc1OC. The van der Waals surface area contributed by atoms with E-state index >= 15 is 0 Å². The van der Waals surface area contributed by atoms with E-state index in [-0.39, 0.29) is 5.78 Å². The van der Waals surface area contributed by atoms with Crippen LogP contribution in [-0.2, 0) is 6.54 Å². The molecule has 0 saturated heterocycles. The molecule has 24 heavy (non-hydrogen) atoms. The number of benzene rings is 2. The Kier molecular flexibility index (Phi) is 6.14. The number of anilines is 1. The van der Waals surface area contributed by atoms with Crippen molar-refractivity contribution >= 4 is 28.8 Å². The number of methoxy groups -OCH3 is 2. The third-order valence-electron chi connectivity index (χ3n) is 3.43. The maximum Gasteiger partial charge on any atom is 0.171 e. The van der Waals surface area contributed by atoms with Gasteiger partial charge in [-0.25, -0.2) is 0 Å². The van der Waals surface area contributed by atoms with Gasteiger partial charge < -0.3 is 20.1 Å². The van der Waals surface area contributed by atoms with Crippen molar-refractivity contribution in [3.63, 3.8) is 0 Å². The second kappa shape index (κ2) is 8.31. The molecule has 0 saturated carbocycles. The lowest BCUT2D eigenvalue weighted by Crippen LogP contribution is -2.27. The van der Waals surface area contributed by atoms with E-state index in [1.807, 2.05) is 30.3 Å². The Hall–Kier alpha value is -2.60. The molecule has 2 aromatic rings. The first-order valence-electron chi connectivity index (χ1n) is 7.40. The molecule has 0 aromatic heterocycles. The minimum atomic E-state index is 0.0165. The molecule has 0 aliphatic heterocycles. The quantitative estimate of drug-likeness (QED) is 0.619. The number of carbonyl (C=O) groups is 1. The molecular formula is C18H20N2O3S. The van der Waals surface area contributed by atoms with Crippen LogP contribution in [0, 0.1) is 0 Å². The Morgan fingerprint density at radius 2 is 1.83 bits per heavy atom. The molecule has 6 heteroatoms. The molecule has 2 N–H and O–H groups in total. The van der Waals surface area contributed by atoms with Crippen LogP contribution in [0.4, 0.5) is 5.69 Å². The predicted octanol–water partition coefficient (Wildman–Crippen LogP) is 3.39. The van der Waals surface area contributed by atoms with E-state index < -0.39 is 0 Å². The summed E-state index contributed by atoms with van der Waals surface area (Å²) in [6.07, 6.45) is 0. The molecule has 0 unspecified atom stereocenters. The highest BCUT2D eigenvalue weighted by Crippen LogP contribution is 2.27. The van der Waals surface area contributed by atoms with Crippen LogP contribution in [0.1, 0.15) is 22.8 Å². The zero-order valence-corrected chi connectivity index (χ0v) is 14.7. The van der Waals surface area contributed by atoms with Crippen LogP contribution in [0.25, 0.3) is 0 Å². The first kappa shape index (κ1) is 17.7. The van der Waals surface area contributed by atoms with Crippen LogP contribution >= 0.6 is 12.2 Å². The van der Waals surface area contributed by atoms with E-state index in [1.54, 1.807) is 26.4 Å². The van der Waals surface area contributed by atoms with Crippen molar-refractivity contribution in [1.82, 2.24) is 5.32 Å². The van der Waals surface area contributed by atoms with Crippen LogP contribution < -0.4 is 20.1 Å². The molecule has 0 radical (unpaired) electrons. The number of thiocarbonyl (C=S) groups is 1. The Balaban J connectivity index is 1.96. The van der Waals surface area contributed by atoms with E-state index in [0.29, 0.717) is 28.7 Å². The monoisotopic (exact) mass is 344 g/mol. The summed E-state index contributed by atoms with van der Waals surface area (Å²) in [5.74, 6) is 1.37. The minimum Gasteiger partial charge on any atom is -0.493 e. The van der Waals surface area contributed by atoms with Crippen molar-refractivity contribution in [1.29, 1.82) is 0 Å². The van der Waals surface area contributed by atoms with E-state index in [2.05, 4.69) is 10.6 Å². The molecule has 0 heterocycles. The zero-order chi connectivity index (χ0) is 17.5. The minimum absolute atomic E-state index is 0.0165. The molecule has 0 bridgehead atoms. The summed E-state index contributed by atoms with van der Waals surface area (Å²) in [7, 11) is 3.20. The second-order valence-electron chi connectivity index (χ2n) is 5.13. The van der Waals surface area contributed by atoms with Gasteiger partial charge in [0.15, 0.2) is 22.4 Å². The topological polar surface area (TPSA) is 59.6 Å². The van der Waals surface area contributed by atoms with Gasteiger partial charge in [-0.15, -0.1) is 0 Å². The van der Waals surface area contributed by atoms with Gasteiger partial charge in [0.2, 0.25) is 0 Å². The molecule has 0 aliphatic rings. The van der Waals surface area contributed by atoms with Crippen LogP contribution in [0.2, 0.25) is 0 Å². The number of hydrogen-bond donors (Lipinski definition) is 2. The van der Waals surface area contributed by atoms with Crippen LogP contribution in [-0.4, -0.2) is 25.1 Å². The van der Waals surface area contributed by atoms with Crippen LogP contribution in [0.5, 0.6) is 11.5 Å². The highest BCUT2D eigenvalue weighted by atomic mass is 32.1. The molecule has 5 nitrogen and oxygen atoms in total. The molecule has 0 spiro atoms. The Morgan fingerprint density at radius 3 is 2.50 bits per heavy atom. The highest BCUT2D eigenvalue weighted by molar-refractivity contribution is 7.80. The molecule has 0 aliphatic carbocycles. The molecule has 2 rings (SSSR count). The van der Waals surface area contributed by atoms with Crippen molar-refractivity contribution in [2.75, 3.05) is 19.5 Å². The third-order valence-corrected chi connectivity index (χ3v) is 3.67. The highest BCUT2D eigenvalue weighted by Gasteiger charge is 2.06. The average molecular weight is 344 g/mol. The van der Waals surface area contributed by atoms with E-state index in [4.69, 9.17) is 21.7 Å². The van der Waals surface area contributed by atoms with Crippen molar-refractivity contribution < 1.29 is 14.3 Å². The van der Waals surface area contributed by atoms with Crippen molar-refractivity contribution in [2.24, 2.45) is 0 Å². The fourth-order valence-corrected chi connectivity index (χ4v) is 2.35. The van der Waals surface area contributed by atoms with Crippen LogP contribution in [0.15, 0.2) is 42.5 Å². The number of nitrogens with one attached hydrogen (secondary N) is 2. The Morgan fingerprint density at radius 1 is 1.08 bits per heavy atom. The van der Waals surface area contributed by atoms with Crippen LogP contribution in [0.3, 0.4) is 0 Å². The lowest BCUT2D eigenvalue weighted by Gasteiger charge is -2.13.